The zero-order valence-corrected chi connectivity index (χ0v) is 2.83. The molecule has 0 radical (unpaired) electrons. The van der Waals surface area contributed by atoms with Crippen molar-refractivity contribution in [1.82, 2.24) is 0 Å². The molecule has 0 aliphatic carbocycles. The lowest BCUT2D eigenvalue weighted by molar-refractivity contribution is -0.277. The lowest BCUT2D eigenvalue weighted by Gasteiger charge is -1.99. The van der Waals surface area contributed by atoms with E-state index in [9.17, 15) is 0 Å². The predicted molar refractivity (Wildman–Crippen MR) is 15.5 cm³/mol. The van der Waals surface area contributed by atoms with Crippen LogP contribution in [0, 0.1) is 0 Å². The highest BCUT2D eigenvalue weighted by Gasteiger charge is 2.13. The fraction of sp³-hybridized carbons (Fsp3) is 0.500. The Balaban J connectivity index is 3.45. The number of hydrogen-bond donors (Lipinski definition) is 3. The zero-order chi connectivity index (χ0) is 5.21. The lowest BCUT2D eigenvalue weighted by atomic mass is 10.7. The molecule has 0 rings (SSSR count). The minimum Gasteiger partial charge on any atom is -0.338 e. The van der Waals surface area contributed by atoms with Crippen LogP contribution in [-0.2, 0) is 4.79 Å². The van der Waals surface area contributed by atoms with Crippen LogP contribution in [0.5, 0.6) is 0 Å². The van der Waals surface area contributed by atoms with E-state index in [-0.39, 0.29) is 0 Å². The fourth-order valence-corrected chi connectivity index (χ4v) is 0. The molecule has 4 heteroatoms. The molecule has 0 fully saturated rings. The molecule has 0 spiro atoms. The smallest absolute Gasteiger partial charge is 0.336 e. The van der Waals surface area contributed by atoms with Gasteiger partial charge in [-0.05, 0) is 0 Å². The van der Waals surface area contributed by atoms with Gasteiger partial charge >= 0.3 is 5.97 Å². The second kappa shape index (κ2) is 1.34. The van der Waals surface area contributed by atoms with E-state index in [1.54, 1.807) is 0 Å². The standard InChI is InChI=1S/C2H4O4/c3-1-2(4,5)6/h1,4-6H. The average molecular weight is 92.0 g/mol. The third-order valence-electron chi connectivity index (χ3n) is 0.158. The first-order chi connectivity index (χ1) is 2.56. The van der Waals surface area contributed by atoms with Crippen LogP contribution in [-0.4, -0.2) is 27.6 Å². The van der Waals surface area contributed by atoms with Crippen LogP contribution in [0.1, 0.15) is 0 Å². The Bertz CT molecular complexity index is 51.1. The second-order valence-corrected chi connectivity index (χ2v) is 0.805. The molecule has 0 amide bonds. The van der Waals surface area contributed by atoms with Gasteiger partial charge in [0.2, 0.25) is 6.29 Å². The Morgan fingerprint density at radius 1 is 1.33 bits per heavy atom. The van der Waals surface area contributed by atoms with Gasteiger partial charge in [-0.15, -0.1) is 0 Å². The van der Waals surface area contributed by atoms with E-state index < -0.39 is 12.3 Å². The van der Waals surface area contributed by atoms with Gasteiger partial charge in [-0.1, -0.05) is 0 Å². The van der Waals surface area contributed by atoms with Gasteiger partial charge in [0.05, 0.1) is 0 Å². The van der Waals surface area contributed by atoms with E-state index in [2.05, 4.69) is 0 Å². The molecule has 0 saturated carbocycles. The van der Waals surface area contributed by atoms with Gasteiger partial charge in [0.15, 0.2) is 0 Å². The van der Waals surface area contributed by atoms with E-state index in [0.717, 1.165) is 0 Å². The van der Waals surface area contributed by atoms with E-state index >= 15 is 0 Å². The Hall–Kier alpha value is -0.450. The summed E-state index contributed by atoms with van der Waals surface area (Å²) in [6.07, 6.45) is -0.396. The first-order valence-electron chi connectivity index (χ1n) is 1.20. The molecule has 0 atom stereocenters. The van der Waals surface area contributed by atoms with Crippen LogP contribution < -0.4 is 0 Å². The van der Waals surface area contributed by atoms with Crippen molar-refractivity contribution in [2.24, 2.45) is 0 Å². The van der Waals surface area contributed by atoms with Gasteiger partial charge in [-0.25, -0.2) is 0 Å². The maximum absolute atomic E-state index is 9.08. The van der Waals surface area contributed by atoms with E-state index in [1.807, 2.05) is 0 Å². The number of rotatable bonds is 1. The molecule has 0 aromatic heterocycles. The summed E-state index contributed by atoms with van der Waals surface area (Å²) in [7, 11) is 0. The molecule has 0 heterocycles. The molecule has 0 aromatic carbocycles. The van der Waals surface area contributed by atoms with Crippen LogP contribution in [0.25, 0.3) is 0 Å². The lowest BCUT2D eigenvalue weighted by Crippen LogP contribution is -2.28. The molecule has 0 aliphatic heterocycles. The fourth-order valence-electron chi connectivity index (χ4n) is 0. The molecule has 0 aromatic rings. The van der Waals surface area contributed by atoms with Crippen LogP contribution in [0.2, 0.25) is 0 Å². The topological polar surface area (TPSA) is 77.8 Å². The predicted octanol–water partition coefficient (Wildman–Crippen LogP) is -2.18. The molecule has 0 aliphatic rings. The van der Waals surface area contributed by atoms with Crippen LogP contribution in [0.15, 0.2) is 0 Å². The number of carbonyl (C=O) groups is 1. The van der Waals surface area contributed by atoms with E-state index in [0.29, 0.717) is 0 Å². The molecular weight excluding hydrogens is 88.0 g/mol. The van der Waals surface area contributed by atoms with Gasteiger partial charge in [0.25, 0.3) is 0 Å². The molecule has 36 valence electrons. The third-order valence-corrected chi connectivity index (χ3v) is 0.158. The number of carbonyl (C=O) groups excluding carboxylic acids is 1. The molecule has 4 nitrogen and oxygen atoms in total. The summed E-state index contributed by atoms with van der Waals surface area (Å²) in [5.41, 5.74) is 0. The summed E-state index contributed by atoms with van der Waals surface area (Å²) < 4.78 is 0. The Kier molecular flexibility index (Phi) is 1.24. The van der Waals surface area contributed by atoms with Crippen molar-refractivity contribution < 1.29 is 20.1 Å². The maximum atomic E-state index is 9.08. The molecule has 0 bridgehead atoms. The van der Waals surface area contributed by atoms with Crippen molar-refractivity contribution in [2.75, 3.05) is 0 Å². The first-order valence-corrected chi connectivity index (χ1v) is 1.20. The minimum atomic E-state index is -3.14. The van der Waals surface area contributed by atoms with Crippen molar-refractivity contribution in [2.45, 2.75) is 5.97 Å². The highest BCUT2D eigenvalue weighted by atomic mass is 16.7. The summed E-state index contributed by atoms with van der Waals surface area (Å²) in [6.45, 7) is 0. The van der Waals surface area contributed by atoms with Crippen molar-refractivity contribution in [3.8, 4) is 0 Å². The maximum Gasteiger partial charge on any atom is 0.336 e. The Labute approximate surface area is 33.6 Å². The Morgan fingerprint density at radius 2 is 1.50 bits per heavy atom. The molecule has 3 N–H and O–H groups in total. The van der Waals surface area contributed by atoms with Crippen LogP contribution >= 0.6 is 0 Å². The summed E-state index contributed by atoms with van der Waals surface area (Å²) in [4.78, 5) is 9.08. The minimum absolute atomic E-state index is 0.396. The molecule has 0 saturated heterocycles. The SMILES string of the molecule is O=CC(O)(O)O. The summed E-state index contributed by atoms with van der Waals surface area (Å²) in [6, 6.07) is 0. The van der Waals surface area contributed by atoms with Crippen LogP contribution in [0.3, 0.4) is 0 Å². The molecule has 6 heavy (non-hydrogen) atoms. The second-order valence-electron chi connectivity index (χ2n) is 0.805. The van der Waals surface area contributed by atoms with Gasteiger partial charge in [-0.3, -0.25) is 4.79 Å². The molecular formula is C2H4O4. The van der Waals surface area contributed by atoms with Crippen molar-refractivity contribution in [3.63, 3.8) is 0 Å². The largest absolute Gasteiger partial charge is 0.338 e. The third kappa shape index (κ3) is 3.55. The van der Waals surface area contributed by atoms with Gasteiger partial charge in [0, 0.05) is 0 Å². The van der Waals surface area contributed by atoms with E-state index in [4.69, 9.17) is 20.1 Å². The quantitative estimate of drug-likeness (QED) is 0.254. The normalized spacial score (nSPS) is 11.2. The number of aldehydes is 1. The highest BCUT2D eigenvalue weighted by Crippen LogP contribution is 1.79. The summed E-state index contributed by atoms with van der Waals surface area (Å²) in [5, 5.41) is 22.7. The van der Waals surface area contributed by atoms with Gasteiger partial charge in [-0.2, -0.15) is 0 Å². The Morgan fingerprint density at radius 3 is 1.50 bits per heavy atom. The zero-order valence-electron chi connectivity index (χ0n) is 2.83. The van der Waals surface area contributed by atoms with Crippen LogP contribution in [0.4, 0.5) is 0 Å². The average Bonchev–Trinajstić information content (AvgIpc) is 1.35. The monoisotopic (exact) mass is 92.0 g/mol. The van der Waals surface area contributed by atoms with Gasteiger partial charge < -0.3 is 15.3 Å². The van der Waals surface area contributed by atoms with E-state index in [1.165, 1.54) is 0 Å². The van der Waals surface area contributed by atoms with Crippen molar-refractivity contribution in [1.29, 1.82) is 0 Å². The first kappa shape index (κ1) is 5.55. The van der Waals surface area contributed by atoms with Gasteiger partial charge in [0.1, 0.15) is 0 Å². The van der Waals surface area contributed by atoms with Crippen molar-refractivity contribution >= 4 is 6.29 Å². The molecule has 0 unspecified atom stereocenters. The number of hydrogen-bond acceptors (Lipinski definition) is 4. The highest BCUT2D eigenvalue weighted by molar-refractivity contribution is 5.55. The number of aliphatic hydroxyl groups is 3. The van der Waals surface area contributed by atoms with Crippen molar-refractivity contribution in [3.05, 3.63) is 0 Å². The summed E-state index contributed by atoms with van der Waals surface area (Å²) in [5.74, 6) is -3.14. The summed E-state index contributed by atoms with van der Waals surface area (Å²) >= 11 is 0.